The van der Waals surface area contributed by atoms with Gasteiger partial charge in [-0.05, 0) is 19.9 Å². The smallest absolute Gasteiger partial charge is 0.341 e. The molecule has 6 nitrogen and oxygen atoms in total. The van der Waals surface area contributed by atoms with Crippen molar-refractivity contribution < 1.29 is 14.3 Å². The minimum Gasteiger partial charge on any atom is -0.477 e. The molecule has 2 atom stereocenters. The first-order valence-electron chi connectivity index (χ1n) is 8.69. The lowest BCUT2D eigenvalue weighted by molar-refractivity contribution is 0.0694. The van der Waals surface area contributed by atoms with Crippen LogP contribution in [-0.2, 0) is 0 Å². The van der Waals surface area contributed by atoms with Crippen LogP contribution in [0.15, 0.2) is 23.1 Å². The number of pyridine rings is 1. The third kappa shape index (κ3) is 2.42. The summed E-state index contributed by atoms with van der Waals surface area (Å²) in [5.41, 5.74) is 0.726. The maximum absolute atomic E-state index is 15.1. The minimum absolute atomic E-state index is 0.112. The highest BCUT2D eigenvalue weighted by molar-refractivity contribution is 5.99. The lowest BCUT2D eigenvalue weighted by atomic mass is 9.98. The Bertz CT molecular complexity index is 1010. The molecule has 0 radical (unpaired) electrons. The summed E-state index contributed by atoms with van der Waals surface area (Å²) in [4.78, 5) is 26.0. The van der Waals surface area contributed by atoms with Crippen LogP contribution >= 0.6 is 0 Å². The summed E-state index contributed by atoms with van der Waals surface area (Å²) in [5, 5.41) is 12.8. The SMILES string of the molecule is CC1CN(c2c(F)cc3c(=O)c(C(=O)O)cn4c3c2C=CC4C)CCN1. The zero-order valence-corrected chi connectivity index (χ0v) is 14.6. The number of aromatic carboxylic acids is 1. The highest BCUT2D eigenvalue weighted by atomic mass is 19.1. The molecule has 1 aromatic carbocycles. The van der Waals surface area contributed by atoms with Gasteiger partial charge in [0, 0.05) is 43.5 Å². The molecule has 2 aliphatic heterocycles. The van der Waals surface area contributed by atoms with Crippen molar-refractivity contribution in [3.63, 3.8) is 0 Å². The number of piperazine rings is 1. The van der Waals surface area contributed by atoms with Gasteiger partial charge in [0.2, 0.25) is 5.43 Å². The van der Waals surface area contributed by atoms with Gasteiger partial charge in [0.1, 0.15) is 11.4 Å². The Labute approximate surface area is 149 Å². The molecule has 1 saturated heterocycles. The molecular weight excluding hydrogens is 337 g/mol. The van der Waals surface area contributed by atoms with Crippen molar-refractivity contribution in [1.29, 1.82) is 0 Å². The molecule has 7 heteroatoms. The van der Waals surface area contributed by atoms with Gasteiger partial charge in [0.05, 0.1) is 16.6 Å². The maximum Gasteiger partial charge on any atom is 0.341 e. The fraction of sp³-hybridized carbons (Fsp3) is 0.368. The van der Waals surface area contributed by atoms with Gasteiger partial charge < -0.3 is 19.9 Å². The number of allylic oxidation sites excluding steroid dienone is 1. The fourth-order valence-corrected chi connectivity index (χ4v) is 3.92. The molecule has 0 aliphatic carbocycles. The number of nitrogens with one attached hydrogen (secondary N) is 1. The zero-order chi connectivity index (χ0) is 18.6. The van der Waals surface area contributed by atoms with Crippen molar-refractivity contribution in [2.45, 2.75) is 25.9 Å². The number of nitrogens with zero attached hydrogens (tertiary/aromatic N) is 2. The third-order valence-corrected chi connectivity index (χ3v) is 5.17. The second-order valence-corrected chi connectivity index (χ2v) is 7.00. The number of rotatable bonds is 2. The highest BCUT2D eigenvalue weighted by Gasteiger charge is 2.28. The van der Waals surface area contributed by atoms with E-state index in [1.165, 1.54) is 12.3 Å². The van der Waals surface area contributed by atoms with E-state index in [1.54, 1.807) is 4.57 Å². The monoisotopic (exact) mass is 357 g/mol. The third-order valence-electron chi connectivity index (χ3n) is 5.17. The molecule has 2 unspecified atom stereocenters. The van der Waals surface area contributed by atoms with Gasteiger partial charge in [-0.3, -0.25) is 4.79 Å². The van der Waals surface area contributed by atoms with Crippen molar-refractivity contribution in [3.05, 3.63) is 45.5 Å². The molecule has 3 heterocycles. The van der Waals surface area contributed by atoms with Gasteiger partial charge in [-0.15, -0.1) is 0 Å². The second kappa shape index (κ2) is 5.95. The Hall–Kier alpha value is -2.67. The number of hydrogen-bond acceptors (Lipinski definition) is 4. The van der Waals surface area contributed by atoms with Crippen molar-refractivity contribution in [3.8, 4) is 0 Å². The Morgan fingerprint density at radius 3 is 2.85 bits per heavy atom. The first kappa shape index (κ1) is 16.8. The van der Waals surface area contributed by atoms with E-state index in [0.29, 0.717) is 29.9 Å². The van der Waals surface area contributed by atoms with E-state index >= 15 is 4.39 Å². The van der Waals surface area contributed by atoms with Gasteiger partial charge in [0.25, 0.3) is 0 Å². The molecular formula is C19H20FN3O3. The van der Waals surface area contributed by atoms with E-state index in [1.807, 2.05) is 30.9 Å². The van der Waals surface area contributed by atoms with Crippen LogP contribution in [0.3, 0.4) is 0 Å². The van der Waals surface area contributed by atoms with Gasteiger partial charge >= 0.3 is 5.97 Å². The van der Waals surface area contributed by atoms with E-state index in [-0.39, 0.29) is 23.0 Å². The zero-order valence-electron chi connectivity index (χ0n) is 14.6. The van der Waals surface area contributed by atoms with Crippen LogP contribution in [-0.4, -0.2) is 41.3 Å². The van der Waals surface area contributed by atoms with E-state index in [2.05, 4.69) is 5.32 Å². The molecule has 26 heavy (non-hydrogen) atoms. The molecule has 0 amide bonds. The Morgan fingerprint density at radius 2 is 2.15 bits per heavy atom. The number of benzene rings is 1. The summed E-state index contributed by atoms with van der Waals surface area (Å²) in [6.07, 6.45) is 5.11. The molecule has 136 valence electrons. The summed E-state index contributed by atoms with van der Waals surface area (Å²) in [6.45, 7) is 6.04. The molecule has 1 fully saturated rings. The number of anilines is 1. The lowest BCUT2D eigenvalue weighted by Gasteiger charge is -2.36. The largest absolute Gasteiger partial charge is 0.477 e. The Balaban J connectivity index is 2.05. The van der Waals surface area contributed by atoms with Crippen molar-refractivity contribution in [1.82, 2.24) is 9.88 Å². The number of aromatic nitrogens is 1. The molecule has 2 N–H and O–H groups in total. The molecule has 2 aromatic rings. The molecule has 0 bridgehead atoms. The summed E-state index contributed by atoms with van der Waals surface area (Å²) >= 11 is 0. The topological polar surface area (TPSA) is 74.6 Å². The molecule has 2 aliphatic rings. The average Bonchev–Trinajstić information content (AvgIpc) is 2.59. The number of carboxylic acid groups (broad SMARTS) is 1. The van der Waals surface area contributed by atoms with Crippen LogP contribution in [0.5, 0.6) is 0 Å². The van der Waals surface area contributed by atoms with Crippen LogP contribution in [0.1, 0.15) is 35.8 Å². The summed E-state index contributed by atoms with van der Waals surface area (Å²) in [5.74, 6) is -1.80. The number of halogens is 1. The summed E-state index contributed by atoms with van der Waals surface area (Å²) in [7, 11) is 0. The Morgan fingerprint density at radius 1 is 1.38 bits per heavy atom. The Kier molecular flexibility index (Phi) is 3.84. The average molecular weight is 357 g/mol. The predicted octanol–water partition coefficient (Wildman–Crippen LogP) is 2.22. The second-order valence-electron chi connectivity index (χ2n) is 7.00. The maximum atomic E-state index is 15.1. The molecule has 0 spiro atoms. The standard InChI is InChI=1S/C19H20FN3O3/c1-10-8-22(6-5-21-10)17-12-4-3-11(2)23-9-14(19(25)26)18(24)13(16(12)23)7-15(17)20/h3-4,7,9-11,21H,5-6,8H2,1-2H3,(H,25,26). The van der Waals surface area contributed by atoms with Crippen molar-refractivity contribution >= 4 is 28.6 Å². The first-order chi connectivity index (χ1) is 12.4. The first-order valence-corrected chi connectivity index (χ1v) is 8.69. The highest BCUT2D eigenvalue weighted by Crippen LogP contribution is 2.37. The van der Waals surface area contributed by atoms with Crippen LogP contribution in [0.25, 0.3) is 17.0 Å². The fourth-order valence-electron chi connectivity index (χ4n) is 3.92. The number of carbonyl (C=O) groups is 1. The lowest BCUT2D eigenvalue weighted by Crippen LogP contribution is -2.49. The van der Waals surface area contributed by atoms with Crippen LogP contribution in [0.4, 0.5) is 10.1 Å². The van der Waals surface area contributed by atoms with Crippen LogP contribution in [0, 0.1) is 5.82 Å². The number of carboxylic acids is 1. The van der Waals surface area contributed by atoms with E-state index in [0.717, 1.165) is 6.54 Å². The summed E-state index contributed by atoms with van der Waals surface area (Å²) in [6, 6.07) is 1.30. The van der Waals surface area contributed by atoms with Crippen LogP contribution in [0.2, 0.25) is 0 Å². The quantitative estimate of drug-likeness (QED) is 0.862. The van der Waals surface area contributed by atoms with Gasteiger partial charge in [0.15, 0.2) is 0 Å². The van der Waals surface area contributed by atoms with Crippen LogP contribution < -0.4 is 15.6 Å². The summed E-state index contributed by atoms with van der Waals surface area (Å²) < 4.78 is 16.8. The van der Waals surface area contributed by atoms with E-state index in [4.69, 9.17) is 0 Å². The van der Waals surface area contributed by atoms with Crippen molar-refractivity contribution in [2.75, 3.05) is 24.5 Å². The number of hydrogen-bond donors (Lipinski definition) is 2. The van der Waals surface area contributed by atoms with Gasteiger partial charge in [-0.25, -0.2) is 9.18 Å². The van der Waals surface area contributed by atoms with Crippen molar-refractivity contribution in [2.24, 2.45) is 0 Å². The molecule has 0 saturated carbocycles. The normalized spacial score (nSPS) is 22.0. The molecule has 4 rings (SSSR count). The van der Waals surface area contributed by atoms with Gasteiger partial charge in [-0.1, -0.05) is 12.2 Å². The van der Waals surface area contributed by atoms with Gasteiger partial charge in [-0.2, -0.15) is 0 Å². The predicted molar refractivity (Wildman–Crippen MR) is 98.5 cm³/mol. The minimum atomic E-state index is -1.30. The molecule has 1 aromatic heterocycles. The van der Waals surface area contributed by atoms with E-state index < -0.39 is 17.2 Å². The van der Waals surface area contributed by atoms with E-state index in [9.17, 15) is 14.7 Å².